The molecule has 2 aromatic heterocycles. The fraction of sp³-hybridized carbons (Fsp3) is 0.238. The summed E-state index contributed by atoms with van der Waals surface area (Å²) in [4.78, 5) is 22.3. The lowest BCUT2D eigenvalue weighted by molar-refractivity contribution is 0.0743. The van der Waals surface area contributed by atoms with Crippen LogP contribution in [-0.2, 0) is 0 Å². The molecule has 28 heavy (non-hydrogen) atoms. The first kappa shape index (κ1) is 18.4. The third-order valence-corrected chi connectivity index (χ3v) is 5.60. The maximum absolute atomic E-state index is 12.9. The number of hydrogen-bond donors (Lipinski definition) is 0. The van der Waals surface area contributed by atoms with E-state index in [1.807, 2.05) is 65.8 Å². The van der Waals surface area contributed by atoms with Crippen molar-refractivity contribution < 1.29 is 4.79 Å². The molecule has 1 amide bonds. The summed E-state index contributed by atoms with van der Waals surface area (Å²) in [5.74, 6) is 0.928. The number of hydrogen-bond acceptors (Lipinski definition) is 6. The van der Waals surface area contributed by atoms with Gasteiger partial charge in [-0.15, -0.1) is 22.0 Å². The summed E-state index contributed by atoms with van der Waals surface area (Å²) in [6.07, 6.45) is 3.74. The summed E-state index contributed by atoms with van der Waals surface area (Å²) in [6.45, 7) is 2.83. The van der Waals surface area contributed by atoms with Gasteiger partial charge >= 0.3 is 0 Å². The van der Waals surface area contributed by atoms with Crippen LogP contribution in [0.1, 0.15) is 10.4 Å². The predicted molar refractivity (Wildman–Crippen MR) is 112 cm³/mol. The van der Waals surface area contributed by atoms with E-state index >= 15 is 0 Å². The number of carbonyl (C=O) groups excluding carboxylic acids is 1. The van der Waals surface area contributed by atoms with Crippen LogP contribution in [0.4, 0.5) is 5.82 Å². The van der Waals surface area contributed by atoms with Crippen LogP contribution >= 0.6 is 11.8 Å². The van der Waals surface area contributed by atoms with Crippen molar-refractivity contribution in [3.8, 4) is 11.4 Å². The molecule has 0 unspecified atom stereocenters. The molecule has 1 saturated heterocycles. The zero-order chi connectivity index (χ0) is 19.3. The van der Waals surface area contributed by atoms with E-state index in [2.05, 4.69) is 20.1 Å². The van der Waals surface area contributed by atoms with E-state index in [9.17, 15) is 4.79 Å². The summed E-state index contributed by atoms with van der Waals surface area (Å²) in [5.41, 5.74) is 2.35. The Labute approximate surface area is 168 Å². The molecule has 1 fully saturated rings. The quantitative estimate of drug-likeness (QED) is 0.637. The second-order valence-electron chi connectivity index (χ2n) is 6.47. The second kappa shape index (κ2) is 8.39. The number of anilines is 1. The number of aromatic nitrogens is 3. The van der Waals surface area contributed by atoms with E-state index in [-0.39, 0.29) is 5.91 Å². The zero-order valence-electron chi connectivity index (χ0n) is 15.7. The Bertz CT molecular complexity index is 941. The van der Waals surface area contributed by atoms with Gasteiger partial charge < -0.3 is 9.80 Å². The minimum atomic E-state index is 0.0983. The Morgan fingerprint density at radius 2 is 1.68 bits per heavy atom. The number of pyridine rings is 1. The Balaban J connectivity index is 1.41. The molecule has 1 aliphatic rings. The molecule has 3 heterocycles. The highest BCUT2D eigenvalue weighted by molar-refractivity contribution is 7.98. The number of amides is 1. The highest BCUT2D eigenvalue weighted by Crippen LogP contribution is 2.23. The molecule has 0 atom stereocenters. The second-order valence-corrected chi connectivity index (χ2v) is 7.32. The van der Waals surface area contributed by atoms with Gasteiger partial charge in [-0.1, -0.05) is 18.2 Å². The van der Waals surface area contributed by atoms with Gasteiger partial charge in [0.25, 0.3) is 5.91 Å². The molecule has 3 aromatic rings. The van der Waals surface area contributed by atoms with Gasteiger partial charge in [0.15, 0.2) is 5.82 Å². The molecule has 0 saturated carbocycles. The highest BCUT2D eigenvalue weighted by Gasteiger charge is 2.24. The maximum atomic E-state index is 12.9. The molecule has 0 bridgehead atoms. The van der Waals surface area contributed by atoms with E-state index in [1.165, 1.54) is 0 Å². The van der Waals surface area contributed by atoms with Crippen molar-refractivity contribution >= 4 is 23.5 Å². The largest absolute Gasteiger partial charge is 0.352 e. The topological polar surface area (TPSA) is 62.2 Å². The summed E-state index contributed by atoms with van der Waals surface area (Å²) in [6, 6.07) is 17.4. The third kappa shape index (κ3) is 3.84. The van der Waals surface area contributed by atoms with Gasteiger partial charge in [0.2, 0.25) is 0 Å². The monoisotopic (exact) mass is 391 g/mol. The van der Waals surface area contributed by atoms with Crippen LogP contribution in [0.5, 0.6) is 0 Å². The van der Waals surface area contributed by atoms with Crippen molar-refractivity contribution in [2.45, 2.75) is 4.90 Å². The summed E-state index contributed by atoms with van der Waals surface area (Å²) >= 11 is 1.60. The molecule has 142 valence electrons. The first-order valence-corrected chi connectivity index (χ1v) is 10.4. The number of piperazine rings is 1. The number of thioether (sulfide) groups is 1. The number of nitrogens with zero attached hydrogens (tertiary/aromatic N) is 5. The van der Waals surface area contributed by atoms with Crippen LogP contribution in [0.25, 0.3) is 11.4 Å². The Kier molecular flexibility index (Phi) is 5.53. The van der Waals surface area contributed by atoms with Crippen LogP contribution in [0.15, 0.2) is 65.7 Å². The van der Waals surface area contributed by atoms with Crippen molar-refractivity contribution in [3.63, 3.8) is 0 Å². The lowest BCUT2D eigenvalue weighted by atomic mass is 10.2. The molecule has 1 aromatic carbocycles. The van der Waals surface area contributed by atoms with Crippen LogP contribution in [-0.4, -0.2) is 58.4 Å². The number of benzene rings is 1. The Morgan fingerprint density at radius 1 is 0.893 bits per heavy atom. The van der Waals surface area contributed by atoms with E-state index in [1.54, 1.807) is 18.0 Å². The third-order valence-electron chi connectivity index (χ3n) is 4.81. The van der Waals surface area contributed by atoms with E-state index in [0.29, 0.717) is 13.1 Å². The van der Waals surface area contributed by atoms with Gasteiger partial charge in [0.05, 0.1) is 11.3 Å². The average molecular weight is 392 g/mol. The summed E-state index contributed by atoms with van der Waals surface area (Å²) < 4.78 is 0. The van der Waals surface area contributed by atoms with Gasteiger partial charge in [-0.3, -0.25) is 9.78 Å². The molecule has 4 rings (SSSR count). The fourth-order valence-electron chi connectivity index (χ4n) is 3.28. The lowest BCUT2D eigenvalue weighted by Crippen LogP contribution is -2.49. The molecule has 0 N–H and O–H groups in total. The van der Waals surface area contributed by atoms with Gasteiger partial charge in [0.1, 0.15) is 5.69 Å². The van der Waals surface area contributed by atoms with Crippen LogP contribution in [0.2, 0.25) is 0 Å². The molecule has 6 nitrogen and oxygen atoms in total. The maximum Gasteiger partial charge on any atom is 0.255 e. The smallest absolute Gasteiger partial charge is 0.255 e. The molecule has 1 aliphatic heterocycles. The summed E-state index contributed by atoms with van der Waals surface area (Å²) in [7, 11) is 0. The van der Waals surface area contributed by atoms with E-state index < -0.39 is 0 Å². The first-order chi connectivity index (χ1) is 13.8. The minimum Gasteiger partial charge on any atom is -0.352 e. The van der Waals surface area contributed by atoms with Crippen molar-refractivity contribution in [1.82, 2.24) is 20.1 Å². The SMILES string of the molecule is CSc1ccccc1C(=O)N1CCN(c2ccc(-c3ccccn3)nn2)CC1. The lowest BCUT2D eigenvalue weighted by Gasteiger charge is -2.35. The molecular formula is C21H21N5OS. The average Bonchev–Trinajstić information content (AvgIpc) is 2.79. The molecule has 0 spiro atoms. The van der Waals surface area contributed by atoms with Gasteiger partial charge in [-0.05, 0) is 42.7 Å². The fourth-order valence-corrected chi connectivity index (χ4v) is 3.86. The zero-order valence-corrected chi connectivity index (χ0v) is 16.5. The van der Waals surface area contributed by atoms with Gasteiger partial charge in [-0.2, -0.15) is 0 Å². The van der Waals surface area contributed by atoms with Gasteiger partial charge in [-0.25, -0.2) is 0 Å². The first-order valence-electron chi connectivity index (χ1n) is 9.18. The predicted octanol–water partition coefficient (Wildman–Crippen LogP) is 3.22. The highest BCUT2D eigenvalue weighted by atomic mass is 32.2. The standard InChI is InChI=1S/C21H21N5OS/c1-28-19-8-3-2-6-16(19)21(27)26-14-12-25(13-15-26)20-10-9-18(23-24-20)17-7-4-5-11-22-17/h2-11H,12-15H2,1H3. The van der Waals surface area contributed by atoms with Crippen LogP contribution in [0, 0.1) is 0 Å². The summed E-state index contributed by atoms with van der Waals surface area (Å²) in [5, 5.41) is 8.67. The van der Waals surface area contributed by atoms with Gasteiger partial charge in [0, 0.05) is 37.3 Å². The molecule has 0 aliphatic carbocycles. The normalized spacial score (nSPS) is 14.2. The van der Waals surface area contributed by atoms with Crippen LogP contribution in [0.3, 0.4) is 0 Å². The van der Waals surface area contributed by atoms with Crippen LogP contribution < -0.4 is 4.90 Å². The van der Waals surface area contributed by atoms with Crippen molar-refractivity contribution in [1.29, 1.82) is 0 Å². The van der Waals surface area contributed by atoms with E-state index in [0.717, 1.165) is 40.8 Å². The molecular weight excluding hydrogens is 370 g/mol. The molecule has 0 radical (unpaired) electrons. The van der Waals surface area contributed by atoms with E-state index in [4.69, 9.17) is 0 Å². The molecule has 7 heteroatoms. The number of rotatable bonds is 4. The Hall–Kier alpha value is -2.93. The Morgan fingerprint density at radius 3 is 2.36 bits per heavy atom. The van der Waals surface area contributed by atoms with Crippen molar-refractivity contribution in [2.75, 3.05) is 37.3 Å². The number of carbonyl (C=O) groups is 1. The van der Waals surface area contributed by atoms with Crippen molar-refractivity contribution in [3.05, 3.63) is 66.4 Å². The van der Waals surface area contributed by atoms with Crippen molar-refractivity contribution in [2.24, 2.45) is 0 Å². The minimum absolute atomic E-state index is 0.0983.